The zero-order valence-corrected chi connectivity index (χ0v) is 12.8. The maximum Gasteiger partial charge on any atom is 0.123 e. The van der Waals surface area contributed by atoms with E-state index in [1.54, 1.807) is 17.8 Å². The van der Waals surface area contributed by atoms with Crippen LogP contribution in [0.15, 0.2) is 47.4 Å². The highest BCUT2D eigenvalue weighted by Crippen LogP contribution is 2.25. The summed E-state index contributed by atoms with van der Waals surface area (Å²) in [6.45, 7) is 5.96. The first kappa shape index (κ1) is 15.1. The van der Waals surface area contributed by atoms with Crippen LogP contribution < -0.4 is 5.32 Å². The van der Waals surface area contributed by atoms with Gasteiger partial charge in [0, 0.05) is 17.2 Å². The molecule has 0 spiro atoms. The second-order valence-corrected chi connectivity index (χ2v) is 5.83. The molecular formula is C17H20FNS. The fourth-order valence-electron chi connectivity index (χ4n) is 1.96. The topological polar surface area (TPSA) is 12.0 Å². The van der Waals surface area contributed by atoms with Crippen LogP contribution in [0.1, 0.15) is 23.6 Å². The number of benzene rings is 2. The summed E-state index contributed by atoms with van der Waals surface area (Å²) in [6, 6.07) is 13.6. The van der Waals surface area contributed by atoms with E-state index in [2.05, 4.69) is 36.5 Å². The highest BCUT2D eigenvalue weighted by molar-refractivity contribution is 7.98. The lowest BCUT2D eigenvalue weighted by Crippen LogP contribution is -2.11. The Labute approximate surface area is 124 Å². The molecule has 2 aromatic rings. The monoisotopic (exact) mass is 289 g/mol. The van der Waals surface area contributed by atoms with Gasteiger partial charge in [-0.15, -0.1) is 11.8 Å². The predicted molar refractivity (Wildman–Crippen MR) is 84.5 cm³/mol. The maximum absolute atomic E-state index is 13.0. The Balaban J connectivity index is 1.93. The molecule has 106 valence electrons. The molecule has 0 aliphatic heterocycles. The summed E-state index contributed by atoms with van der Waals surface area (Å²) in [4.78, 5) is 1.24. The minimum atomic E-state index is -0.163. The third kappa shape index (κ3) is 4.36. The van der Waals surface area contributed by atoms with Gasteiger partial charge in [0.25, 0.3) is 0 Å². The third-order valence-electron chi connectivity index (χ3n) is 3.20. The smallest absolute Gasteiger partial charge is 0.123 e. The van der Waals surface area contributed by atoms with Crippen LogP contribution in [0.3, 0.4) is 0 Å². The van der Waals surface area contributed by atoms with Gasteiger partial charge in [-0.2, -0.15) is 0 Å². The highest BCUT2D eigenvalue weighted by Gasteiger charge is 2.02. The number of rotatable bonds is 6. The van der Waals surface area contributed by atoms with Crippen LogP contribution in [0.25, 0.3) is 0 Å². The number of aryl methyl sites for hydroxylation is 1. The van der Waals surface area contributed by atoms with E-state index in [1.165, 1.54) is 22.1 Å². The van der Waals surface area contributed by atoms with Gasteiger partial charge >= 0.3 is 0 Å². The quantitative estimate of drug-likeness (QED) is 0.784. The Morgan fingerprint density at radius 2 is 1.85 bits per heavy atom. The molecule has 0 saturated carbocycles. The van der Waals surface area contributed by atoms with Crippen molar-refractivity contribution in [3.8, 4) is 0 Å². The normalized spacial score (nSPS) is 10.8. The van der Waals surface area contributed by atoms with E-state index in [4.69, 9.17) is 0 Å². The molecule has 20 heavy (non-hydrogen) atoms. The van der Waals surface area contributed by atoms with Crippen LogP contribution in [0.5, 0.6) is 0 Å². The van der Waals surface area contributed by atoms with Crippen molar-refractivity contribution in [2.75, 3.05) is 6.54 Å². The zero-order valence-electron chi connectivity index (χ0n) is 11.9. The molecule has 0 aromatic heterocycles. The lowest BCUT2D eigenvalue weighted by molar-refractivity contribution is 0.626. The molecule has 0 unspecified atom stereocenters. The number of hydrogen-bond donors (Lipinski definition) is 1. The highest BCUT2D eigenvalue weighted by atomic mass is 32.2. The molecular weight excluding hydrogens is 269 g/mol. The molecule has 0 heterocycles. The second kappa shape index (κ2) is 7.46. The molecule has 1 nitrogen and oxygen atoms in total. The largest absolute Gasteiger partial charge is 0.313 e. The van der Waals surface area contributed by atoms with Gasteiger partial charge in [-0.25, -0.2) is 4.39 Å². The zero-order chi connectivity index (χ0) is 14.4. The summed E-state index contributed by atoms with van der Waals surface area (Å²) in [5.74, 6) is 0.711. The van der Waals surface area contributed by atoms with Gasteiger partial charge in [0.2, 0.25) is 0 Å². The summed E-state index contributed by atoms with van der Waals surface area (Å²) in [6.07, 6.45) is 0. The van der Waals surface area contributed by atoms with Gasteiger partial charge < -0.3 is 5.32 Å². The molecule has 0 aliphatic rings. The van der Waals surface area contributed by atoms with Crippen LogP contribution >= 0.6 is 11.8 Å². The van der Waals surface area contributed by atoms with Gasteiger partial charge in [0.15, 0.2) is 0 Å². The molecule has 1 N–H and O–H groups in total. The number of halogens is 1. The molecule has 0 atom stereocenters. The van der Waals surface area contributed by atoms with E-state index >= 15 is 0 Å². The van der Waals surface area contributed by atoms with Crippen molar-refractivity contribution in [2.24, 2.45) is 0 Å². The molecule has 2 aromatic carbocycles. The molecule has 0 amide bonds. The average molecular weight is 289 g/mol. The molecule has 2 rings (SSSR count). The summed E-state index contributed by atoms with van der Waals surface area (Å²) >= 11 is 1.78. The lowest BCUT2D eigenvalue weighted by Gasteiger charge is -2.07. The predicted octanol–water partition coefficient (Wildman–Crippen LogP) is 4.54. The van der Waals surface area contributed by atoms with Crippen LogP contribution in [-0.4, -0.2) is 6.54 Å². The van der Waals surface area contributed by atoms with Gasteiger partial charge in [-0.1, -0.05) is 25.1 Å². The van der Waals surface area contributed by atoms with Crippen molar-refractivity contribution in [3.63, 3.8) is 0 Å². The Kier molecular flexibility index (Phi) is 5.62. The maximum atomic E-state index is 13.0. The minimum Gasteiger partial charge on any atom is -0.313 e. The number of hydrogen-bond acceptors (Lipinski definition) is 2. The van der Waals surface area contributed by atoms with E-state index in [0.717, 1.165) is 24.4 Å². The van der Waals surface area contributed by atoms with E-state index in [-0.39, 0.29) is 5.82 Å². The summed E-state index contributed by atoms with van der Waals surface area (Å²) in [5.41, 5.74) is 3.50. The lowest BCUT2D eigenvalue weighted by atomic mass is 10.1. The van der Waals surface area contributed by atoms with Gasteiger partial charge in [0.1, 0.15) is 5.82 Å². The molecule has 0 saturated heterocycles. The van der Waals surface area contributed by atoms with Gasteiger partial charge in [-0.3, -0.25) is 0 Å². The van der Waals surface area contributed by atoms with E-state index in [1.807, 2.05) is 13.0 Å². The summed E-state index contributed by atoms with van der Waals surface area (Å²) in [7, 11) is 0. The van der Waals surface area contributed by atoms with Crippen molar-refractivity contribution in [1.82, 2.24) is 5.32 Å². The van der Waals surface area contributed by atoms with Crippen LogP contribution in [0.2, 0.25) is 0 Å². The van der Waals surface area contributed by atoms with E-state index in [0.29, 0.717) is 0 Å². The van der Waals surface area contributed by atoms with Gasteiger partial charge in [0.05, 0.1) is 0 Å². The van der Waals surface area contributed by atoms with Gasteiger partial charge in [-0.05, 0) is 54.4 Å². The molecule has 0 radical (unpaired) electrons. The van der Waals surface area contributed by atoms with Crippen molar-refractivity contribution in [3.05, 3.63) is 65.0 Å². The first-order chi connectivity index (χ1) is 9.69. The first-order valence-corrected chi connectivity index (χ1v) is 7.85. The molecule has 0 bridgehead atoms. The van der Waals surface area contributed by atoms with E-state index in [9.17, 15) is 4.39 Å². The first-order valence-electron chi connectivity index (χ1n) is 6.86. The Morgan fingerprint density at radius 1 is 1.10 bits per heavy atom. The number of nitrogens with one attached hydrogen (secondary N) is 1. The van der Waals surface area contributed by atoms with Crippen molar-refractivity contribution < 1.29 is 4.39 Å². The van der Waals surface area contributed by atoms with Crippen LogP contribution in [0, 0.1) is 12.7 Å². The number of thioether (sulfide) groups is 1. The standard InChI is InChI=1S/C17H20FNS/c1-3-19-11-14-4-8-17(9-5-14)20-12-15-6-7-16(18)10-13(15)2/h4-10,19H,3,11-12H2,1-2H3. The SMILES string of the molecule is CCNCc1ccc(SCc2ccc(F)cc2C)cc1. The Hall–Kier alpha value is -1.32. The minimum absolute atomic E-state index is 0.163. The molecule has 0 aliphatic carbocycles. The Morgan fingerprint density at radius 3 is 2.50 bits per heavy atom. The van der Waals surface area contributed by atoms with Crippen LogP contribution in [0.4, 0.5) is 4.39 Å². The fourth-order valence-corrected chi connectivity index (χ4v) is 2.93. The van der Waals surface area contributed by atoms with Crippen molar-refractivity contribution in [1.29, 1.82) is 0 Å². The molecule has 3 heteroatoms. The summed E-state index contributed by atoms with van der Waals surface area (Å²) < 4.78 is 13.0. The van der Waals surface area contributed by atoms with Crippen molar-refractivity contribution >= 4 is 11.8 Å². The third-order valence-corrected chi connectivity index (χ3v) is 4.26. The second-order valence-electron chi connectivity index (χ2n) is 4.78. The molecule has 0 fully saturated rings. The Bertz CT molecular complexity index is 551. The van der Waals surface area contributed by atoms with Crippen LogP contribution in [-0.2, 0) is 12.3 Å². The fraction of sp³-hybridized carbons (Fsp3) is 0.294. The van der Waals surface area contributed by atoms with E-state index < -0.39 is 0 Å². The average Bonchev–Trinajstić information content (AvgIpc) is 2.45. The van der Waals surface area contributed by atoms with Crippen molar-refractivity contribution in [2.45, 2.75) is 31.0 Å². The summed E-state index contributed by atoms with van der Waals surface area (Å²) in [5, 5.41) is 3.31.